The van der Waals surface area contributed by atoms with Crippen molar-refractivity contribution in [2.24, 2.45) is 0 Å². The van der Waals surface area contributed by atoms with Crippen LogP contribution in [0.15, 0.2) is 96.5 Å². The van der Waals surface area contributed by atoms with Gasteiger partial charge in [0.15, 0.2) is 5.78 Å². The Hall–Kier alpha value is -4.30. The standard InChI is InChI=1S/C27H22N4O3S/c32-25(26-14-22(18-35-26)31(33)34)17-30-13-7-12-21(16-30)23-15-24(29-28-23)27(19-8-3-1-4-9-19)20-10-5-2-6-11-20/h1-12,14-16,18,27H,13,17H2,(H,28,29). The molecule has 1 N–H and O–H groups in total. The molecule has 0 saturated heterocycles. The molecule has 0 fully saturated rings. The van der Waals surface area contributed by atoms with Crippen LogP contribution < -0.4 is 0 Å². The minimum absolute atomic E-state index is 0.0131. The molecule has 1 aliphatic heterocycles. The summed E-state index contributed by atoms with van der Waals surface area (Å²) in [5, 5.41) is 20.1. The second-order valence-corrected chi connectivity index (χ2v) is 9.14. The number of benzene rings is 2. The van der Waals surface area contributed by atoms with Gasteiger partial charge in [0.2, 0.25) is 0 Å². The first-order valence-corrected chi connectivity index (χ1v) is 12.0. The van der Waals surface area contributed by atoms with Gasteiger partial charge in [-0.15, -0.1) is 11.3 Å². The molecule has 0 spiro atoms. The number of nitro groups is 1. The summed E-state index contributed by atoms with van der Waals surface area (Å²) in [4.78, 5) is 25.4. The Bertz CT molecular complexity index is 1370. The highest BCUT2D eigenvalue weighted by Gasteiger charge is 2.21. The first-order chi connectivity index (χ1) is 17.1. The number of nitrogens with zero attached hydrogens (tertiary/aromatic N) is 3. The molecule has 0 atom stereocenters. The summed E-state index contributed by atoms with van der Waals surface area (Å²) < 4.78 is 0. The molecule has 8 heteroatoms. The zero-order chi connectivity index (χ0) is 24.2. The van der Waals surface area contributed by atoms with E-state index < -0.39 is 4.92 Å². The highest BCUT2D eigenvalue weighted by molar-refractivity contribution is 7.12. The van der Waals surface area contributed by atoms with Crippen LogP contribution in [-0.2, 0) is 0 Å². The lowest BCUT2D eigenvalue weighted by Gasteiger charge is -2.21. The molecule has 0 unspecified atom stereocenters. The van der Waals surface area contributed by atoms with Crippen molar-refractivity contribution in [2.45, 2.75) is 5.92 Å². The number of nitrogens with one attached hydrogen (secondary N) is 1. The van der Waals surface area contributed by atoms with Crippen molar-refractivity contribution >= 4 is 28.4 Å². The van der Waals surface area contributed by atoms with Crippen molar-refractivity contribution in [2.75, 3.05) is 13.1 Å². The average molecular weight is 483 g/mol. The minimum atomic E-state index is -0.484. The molecule has 7 nitrogen and oxygen atoms in total. The summed E-state index contributed by atoms with van der Waals surface area (Å²) in [6.45, 7) is 0.718. The fourth-order valence-corrected chi connectivity index (χ4v) is 4.96. The number of hydrogen-bond acceptors (Lipinski definition) is 6. The van der Waals surface area contributed by atoms with E-state index in [4.69, 9.17) is 0 Å². The molecule has 174 valence electrons. The van der Waals surface area contributed by atoms with Gasteiger partial charge in [-0.1, -0.05) is 72.8 Å². The minimum Gasteiger partial charge on any atom is -0.365 e. The summed E-state index contributed by atoms with van der Waals surface area (Å²) >= 11 is 1.10. The predicted octanol–water partition coefficient (Wildman–Crippen LogP) is 5.66. The zero-order valence-corrected chi connectivity index (χ0v) is 19.5. The van der Waals surface area contributed by atoms with E-state index in [9.17, 15) is 14.9 Å². The number of allylic oxidation sites excluding steroid dienone is 2. The fourth-order valence-electron chi connectivity index (χ4n) is 4.17. The van der Waals surface area contributed by atoms with Gasteiger partial charge in [0.25, 0.3) is 5.69 Å². The Morgan fingerprint density at radius 3 is 2.40 bits per heavy atom. The van der Waals surface area contributed by atoms with E-state index in [1.807, 2.05) is 59.7 Å². The SMILES string of the molecule is O=C(CN1C=C(c2cc(C(c3ccccc3)c3ccccc3)[nH]n2)C=CC1)c1cc([N+](=O)[O-])cs1. The smallest absolute Gasteiger partial charge is 0.280 e. The third kappa shape index (κ3) is 4.97. The van der Waals surface area contributed by atoms with Crippen molar-refractivity contribution in [3.63, 3.8) is 0 Å². The Labute approximate surface area is 206 Å². The van der Waals surface area contributed by atoms with E-state index in [1.165, 1.54) is 22.6 Å². The zero-order valence-electron chi connectivity index (χ0n) is 18.7. The van der Waals surface area contributed by atoms with Crippen LogP contribution in [0.3, 0.4) is 0 Å². The molecule has 2 aromatic carbocycles. The highest BCUT2D eigenvalue weighted by Crippen LogP contribution is 2.32. The van der Waals surface area contributed by atoms with E-state index in [2.05, 4.69) is 40.5 Å². The quantitative estimate of drug-likeness (QED) is 0.199. The van der Waals surface area contributed by atoms with Gasteiger partial charge < -0.3 is 4.90 Å². The summed E-state index contributed by atoms with van der Waals surface area (Å²) in [6, 6.07) is 24.0. The van der Waals surface area contributed by atoms with Gasteiger partial charge >= 0.3 is 0 Å². The number of thiophene rings is 1. The summed E-state index contributed by atoms with van der Waals surface area (Å²) in [5.74, 6) is -0.135. The molecule has 0 amide bonds. The molecule has 1 aliphatic rings. The summed E-state index contributed by atoms with van der Waals surface area (Å²) in [5.41, 5.74) is 4.94. The van der Waals surface area contributed by atoms with Crippen LogP contribution in [-0.4, -0.2) is 38.9 Å². The van der Waals surface area contributed by atoms with E-state index in [0.717, 1.165) is 28.3 Å². The Morgan fingerprint density at radius 1 is 1.09 bits per heavy atom. The lowest BCUT2D eigenvalue weighted by molar-refractivity contribution is -0.384. The largest absolute Gasteiger partial charge is 0.365 e. The average Bonchev–Trinajstić information content (AvgIpc) is 3.57. The highest BCUT2D eigenvalue weighted by atomic mass is 32.1. The molecule has 3 heterocycles. The van der Waals surface area contributed by atoms with Gasteiger partial charge in [0.05, 0.1) is 33.3 Å². The Kier molecular flexibility index (Phi) is 6.36. The number of aromatic nitrogens is 2. The number of carbonyl (C=O) groups excluding carboxylic acids is 1. The normalized spacial score (nSPS) is 13.2. The number of hydrogen-bond donors (Lipinski definition) is 1. The number of aromatic amines is 1. The van der Waals surface area contributed by atoms with Gasteiger partial charge in [-0.05, 0) is 17.2 Å². The molecule has 35 heavy (non-hydrogen) atoms. The number of rotatable bonds is 8. The molecule has 0 saturated carbocycles. The topological polar surface area (TPSA) is 92.1 Å². The lowest BCUT2D eigenvalue weighted by Crippen LogP contribution is -2.26. The van der Waals surface area contributed by atoms with Crippen LogP contribution in [0.2, 0.25) is 0 Å². The Morgan fingerprint density at radius 2 is 1.77 bits per heavy atom. The van der Waals surface area contributed by atoms with Crippen molar-refractivity contribution in [1.82, 2.24) is 15.1 Å². The molecule has 0 aliphatic carbocycles. The fraction of sp³-hybridized carbons (Fsp3) is 0.111. The van der Waals surface area contributed by atoms with Crippen LogP contribution in [0.4, 0.5) is 5.69 Å². The van der Waals surface area contributed by atoms with E-state index in [-0.39, 0.29) is 23.9 Å². The first kappa shape index (κ1) is 22.5. The molecule has 0 radical (unpaired) electrons. The number of carbonyl (C=O) groups is 1. The van der Waals surface area contributed by atoms with E-state index >= 15 is 0 Å². The molecular weight excluding hydrogens is 460 g/mol. The number of H-pyrrole nitrogens is 1. The van der Waals surface area contributed by atoms with Crippen LogP contribution >= 0.6 is 11.3 Å². The molecule has 4 aromatic rings. The predicted molar refractivity (Wildman–Crippen MR) is 136 cm³/mol. The molecule has 5 rings (SSSR count). The third-order valence-corrected chi connectivity index (χ3v) is 6.81. The lowest BCUT2D eigenvalue weighted by atomic mass is 9.88. The van der Waals surface area contributed by atoms with Crippen molar-refractivity contribution in [3.05, 3.63) is 134 Å². The number of ketones is 1. The maximum atomic E-state index is 12.7. The van der Waals surface area contributed by atoms with Gasteiger partial charge in [0, 0.05) is 30.1 Å². The van der Waals surface area contributed by atoms with Gasteiger partial charge in [-0.2, -0.15) is 5.10 Å². The van der Waals surface area contributed by atoms with Crippen LogP contribution in [0, 0.1) is 10.1 Å². The van der Waals surface area contributed by atoms with E-state index in [1.54, 1.807) is 0 Å². The van der Waals surface area contributed by atoms with Gasteiger partial charge in [0.1, 0.15) is 0 Å². The van der Waals surface area contributed by atoms with Crippen molar-refractivity contribution < 1.29 is 9.72 Å². The van der Waals surface area contributed by atoms with Crippen LogP contribution in [0.25, 0.3) is 5.57 Å². The summed E-state index contributed by atoms with van der Waals surface area (Å²) in [6.07, 6.45) is 5.90. The molecule has 2 aromatic heterocycles. The van der Waals surface area contributed by atoms with Gasteiger partial charge in [-0.25, -0.2) is 0 Å². The molecule has 0 bridgehead atoms. The monoisotopic (exact) mass is 482 g/mol. The molecular formula is C27H22N4O3S. The summed E-state index contributed by atoms with van der Waals surface area (Å²) in [7, 11) is 0. The maximum absolute atomic E-state index is 12.7. The van der Waals surface area contributed by atoms with Crippen LogP contribution in [0.5, 0.6) is 0 Å². The second-order valence-electron chi connectivity index (χ2n) is 8.23. The third-order valence-electron chi connectivity index (χ3n) is 5.85. The van der Waals surface area contributed by atoms with Crippen molar-refractivity contribution in [1.29, 1.82) is 0 Å². The second kappa shape index (κ2) is 9.90. The van der Waals surface area contributed by atoms with Gasteiger partial charge in [-0.3, -0.25) is 20.0 Å². The Balaban J connectivity index is 1.38. The number of Topliss-reactive ketones (excluding diaryl/α,β-unsaturated/α-hetero) is 1. The first-order valence-electron chi connectivity index (χ1n) is 11.1. The van der Waals surface area contributed by atoms with E-state index in [0.29, 0.717) is 11.4 Å². The van der Waals surface area contributed by atoms with Crippen molar-refractivity contribution in [3.8, 4) is 0 Å². The van der Waals surface area contributed by atoms with Crippen LogP contribution in [0.1, 0.15) is 38.1 Å². The maximum Gasteiger partial charge on any atom is 0.280 e.